The number of amides is 2. The lowest BCUT2D eigenvalue weighted by atomic mass is 9.92. The van der Waals surface area contributed by atoms with Crippen molar-refractivity contribution in [1.82, 2.24) is 14.9 Å². The maximum Gasteiger partial charge on any atom is 0.228 e. The first-order valence-corrected chi connectivity index (χ1v) is 11.1. The van der Waals surface area contributed by atoms with E-state index in [1.165, 1.54) is 23.8 Å². The van der Waals surface area contributed by atoms with Gasteiger partial charge in [-0.2, -0.15) is 0 Å². The number of hydrogen-bond donors (Lipinski definition) is 1. The molecule has 3 heterocycles. The molecule has 1 aliphatic rings. The van der Waals surface area contributed by atoms with Crippen LogP contribution in [-0.2, 0) is 16.0 Å². The van der Waals surface area contributed by atoms with E-state index in [9.17, 15) is 9.59 Å². The molecule has 0 saturated carbocycles. The summed E-state index contributed by atoms with van der Waals surface area (Å²) in [7, 11) is 0. The summed E-state index contributed by atoms with van der Waals surface area (Å²) in [6, 6.07) is 8.26. The quantitative estimate of drug-likeness (QED) is 0.634. The van der Waals surface area contributed by atoms with Gasteiger partial charge in [0.2, 0.25) is 11.8 Å². The Kier molecular flexibility index (Phi) is 5.56. The van der Waals surface area contributed by atoms with Crippen molar-refractivity contribution in [2.24, 2.45) is 5.41 Å². The third-order valence-corrected chi connectivity index (χ3v) is 6.50. The topological polar surface area (TPSA) is 75.2 Å². The largest absolute Gasteiger partial charge is 0.342 e. The highest BCUT2D eigenvalue weighted by atomic mass is 32.1. The fourth-order valence-electron chi connectivity index (χ4n) is 3.83. The van der Waals surface area contributed by atoms with E-state index in [1.54, 1.807) is 0 Å². The van der Waals surface area contributed by atoms with E-state index >= 15 is 0 Å². The van der Waals surface area contributed by atoms with Crippen molar-refractivity contribution in [2.45, 2.75) is 40.0 Å². The number of rotatable bonds is 6. The van der Waals surface area contributed by atoms with E-state index < -0.39 is 0 Å². The van der Waals surface area contributed by atoms with Crippen molar-refractivity contribution in [3.05, 3.63) is 42.2 Å². The maximum absolute atomic E-state index is 12.4. The first-order chi connectivity index (χ1) is 14.3. The Morgan fingerprint density at radius 1 is 1.23 bits per heavy atom. The summed E-state index contributed by atoms with van der Waals surface area (Å²) in [6.07, 6.45) is 6.53. The van der Waals surface area contributed by atoms with Crippen LogP contribution in [0.15, 0.2) is 36.7 Å². The number of carbonyl (C=O) groups is 2. The zero-order chi connectivity index (χ0) is 21.3. The first kappa shape index (κ1) is 20.5. The van der Waals surface area contributed by atoms with Crippen LogP contribution >= 0.6 is 11.3 Å². The minimum absolute atomic E-state index is 0.120. The summed E-state index contributed by atoms with van der Waals surface area (Å²) in [5.74, 6) is 0.149. The zero-order valence-corrected chi connectivity index (χ0v) is 18.4. The molecule has 2 aromatic heterocycles. The molecule has 1 fully saturated rings. The van der Waals surface area contributed by atoms with Gasteiger partial charge in [-0.15, -0.1) is 0 Å². The van der Waals surface area contributed by atoms with Gasteiger partial charge < -0.3 is 10.2 Å². The second-order valence-electron chi connectivity index (χ2n) is 8.49. The summed E-state index contributed by atoms with van der Waals surface area (Å²) in [5.41, 5.74) is 3.96. The molecule has 0 bridgehead atoms. The molecule has 1 aliphatic heterocycles. The molecule has 0 radical (unpaired) electrons. The molecule has 1 saturated heterocycles. The number of nitrogens with zero attached hydrogens (tertiary/aromatic N) is 3. The zero-order valence-electron chi connectivity index (χ0n) is 17.6. The molecule has 1 N–H and O–H groups in total. The summed E-state index contributed by atoms with van der Waals surface area (Å²) in [6.45, 7) is 7.20. The normalized spacial score (nSPS) is 15.7. The van der Waals surface area contributed by atoms with Gasteiger partial charge in [-0.1, -0.05) is 31.3 Å². The molecule has 0 atom stereocenters. The number of hydrogen-bond acceptors (Lipinski definition) is 5. The van der Waals surface area contributed by atoms with Crippen LogP contribution in [-0.4, -0.2) is 39.8 Å². The molecule has 1 aromatic carbocycles. The average molecular weight is 423 g/mol. The molecule has 156 valence electrons. The average Bonchev–Trinajstić information content (AvgIpc) is 3.21. The number of thiazole rings is 1. The predicted molar refractivity (Wildman–Crippen MR) is 120 cm³/mol. The lowest BCUT2D eigenvalue weighted by molar-refractivity contribution is -0.134. The first-order valence-electron chi connectivity index (χ1n) is 10.2. The van der Waals surface area contributed by atoms with Gasteiger partial charge in [0.15, 0.2) is 5.13 Å². The third-order valence-electron chi connectivity index (χ3n) is 5.57. The molecule has 2 amide bonds. The molecular formula is C23H26N4O2S. The minimum atomic E-state index is -0.212. The number of benzene rings is 1. The third kappa shape index (κ3) is 4.36. The van der Waals surface area contributed by atoms with E-state index in [0.717, 1.165) is 53.7 Å². The SMILES string of the molecule is CC(=O)Nc1nc2ccc(-c3cncc(CCCN4CCC(C)(C)C4=O)c3)cc2s1. The second-order valence-corrected chi connectivity index (χ2v) is 9.52. The van der Waals surface area contributed by atoms with E-state index in [0.29, 0.717) is 5.13 Å². The number of carbonyl (C=O) groups excluding carboxylic acids is 2. The lowest BCUT2D eigenvalue weighted by Crippen LogP contribution is -2.31. The number of aryl methyl sites for hydroxylation is 1. The standard InChI is InChI=1S/C23H26N4O2S/c1-15(28)25-22-26-19-7-6-17(12-20(19)30-22)18-11-16(13-24-14-18)5-4-9-27-10-8-23(2,3)21(27)29/h6-7,11-14H,4-5,8-10H2,1-3H3,(H,25,26,28). The molecule has 0 unspecified atom stereocenters. The maximum atomic E-state index is 12.4. The van der Waals surface area contributed by atoms with Gasteiger partial charge in [0.1, 0.15) is 0 Å². The molecule has 7 heteroatoms. The number of anilines is 1. The van der Waals surface area contributed by atoms with Crippen molar-refractivity contribution >= 4 is 38.5 Å². The van der Waals surface area contributed by atoms with Crippen molar-refractivity contribution in [2.75, 3.05) is 18.4 Å². The number of likely N-dealkylation sites (tertiary alicyclic amines) is 1. The predicted octanol–water partition coefficient (Wildman–Crippen LogP) is 4.51. The molecule has 0 spiro atoms. The summed E-state index contributed by atoms with van der Waals surface area (Å²) < 4.78 is 1.02. The summed E-state index contributed by atoms with van der Waals surface area (Å²) in [5, 5.41) is 3.36. The molecule has 4 rings (SSSR count). The number of nitrogens with one attached hydrogen (secondary N) is 1. The monoisotopic (exact) mass is 422 g/mol. The van der Waals surface area contributed by atoms with Crippen LogP contribution in [0, 0.1) is 5.41 Å². The number of fused-ring (bicyclic) bond motifs is 1. The van der Waals surface area contributed by atoms with Gasteiger partial charge in [-0.25, -0.2) is 4.98 Å². The number of pyridine rings is 1. The fraction of sp³-hybridized carbons (Fsp3) is 0.391. The van der Waals surface area contributed by atoms with Crippen LogP contribution in [0.1, 0.15) is 39.2 Å². The molecule has 3 aromatic rings. The van der Waals surface area contributed by atoms with Crippen LogP contribution < -0.4 is 5.32 Å². The van der Waals surface area contributed by atoms with Gasteiger partial charge in [0, 0.05) is 43.4 Å². The van der Waals surface area contributed by atoms with Crippen molar-refractivity contribution in [1.29, 1.82) is 0 Å². The van der Waals surface area contributed by atoms with Gasteiger partial charge in [-0.3, -0.25) is 14.6 Å². The molecule has 30 heavy (non-hydrogen) atoms. The highest BCUT2D eigenvalue weighted by molar-refractivity contribution is 7.22. The van der Waals surface area contributed by atoms with Gasteiger partial charge >= 0.3 is 0 Å². The van der Waals surface area contributed by atoms with Crippen LogP contribution in [0.5, 0.6) is 0 Å². The van der Waals surface area contributed by atoms with E-state index in [2.05, 4.69) is 27.4 Å². The molecular weight excluding hydrogens is 396 g/mol. The number of aromatic nitrogens is 2. The Labute approximate surface area is 180 Å². The van der Waals surface area contributed by atoms with Crippen LogP contribution in [0.4, 0.5) is 5.13 Å². The van der Waals surface area contributed by atoms with Gasteiger partial charge in [-0.05, 0) is 48.6 Å². The van der Waals surface area contributed by atoms with Crippen LogP contribution in [0.3, 0.4) is 0 Å². The Balaban J connectivity index is 1.44. The minimum Gasteiger partial charge on any atom is -0.342 e. The molecule has 0 aliphatic carbocycles. The second kappa shape index (κ2) is 8.14. The lowest BCUT2D eigenvalue weighted by Gasteiger charge is -2.19. The van der Waals surface area contributed by atoms with Crippen LogP contribution in [0.25, 0.3) is 21.3 Å². The Morgan fingerprint density at radius 2 is 2.07 bits per heavy atom. The van der Waals surface area contributed by atoms with Crippen molar-refractivity contribution in [3.8, 4) is 11.1 Å². The Morgan fingerprint density at radius 3 is 2.80 bits per heavy atom. The fourth-order valence-corrected chi connectivity index (χ4v) is 4.78. The van der Waals surface area contributed by atoms with Crippen molar-refractivity contribution in [3.63, 3.8) is 0 Å². The van der Waals surface area contributed by atoms with E-state index in [4.69, 9.17) is 0 Å². The Bertz CT molecular complexity index is 1110. The highest BCUT2D eigenvalue weighted by Gasteiger charge is 2.37. The summed E-state index contributed by atoms with van der Waals surface area (Å²) in [4.78, 5) is 34.5. The highest BCUT2D eigenvalue weighted by Crippen LogP contribution is 2.32. The van der Waals surface area contributed by atoms with Gasteiger partial charge in [0.05, 0.1) is 10.2 Å². The van der Waals surface area contributed by atoms with Crippen molar-refractivity contribution < 1.29 is 9.59 Å². The summed E-state index contributed by atoms with van der Waals surface area (Å²) >= 11 is 1.47. The van der Waals surface area contributed by atoms with E-state index in [-0.39, 0.29) is 17.2 Å². The van der Waals surface area contributed by atoms with Crippen LogP contribution in [0.2, 0.25) is 0 Å². The van der Waals surface area contributed by atoms with E-state index in [1.807, 2.05) is 43.3 Å². The smallest absolute Gasteiger partial charge is 0.228 e. The molecule has 6 nitrogen and oxygen atoms in total. The Hall–Kier alpha value is -2.80. The van der Waals surface area contributed by atoms with Gasteiger partial charge in [0.25, 0.3) is 0 Å².